The molecule has 30 heavy (non-hydrogen) atoms. The number of carbonyl (C=O) groups excluding carboxylic acids is 2. The Morgan fingerprint density at radius 3 is 2.20 bits per heavy atom. The van der Waals surface area contributed by atoms with Crippen molar-refractivity contribution in [3.63, 3.8) is 0 Å². The number of nitrogens with zero attached hydrogens (tertiary/aromatic N) is 4. The van der Waals surface area contributed by atoms with Crippen molar-refractivity contribution in [2.45, 2.75) is 13.8 Å². The van der Waals surface area contributed by atoms with E-state index in [1.165, 1.54) is 10.9 Å². The highest BCUT2D eigenvalue weighted by Crippen LogP contribution is 2.21. The van der Waals surface area contributed by atoms with Crippen LogP contribution in [-0.4, -0.2) is 37.9 Å². The molecule has 4 rings (SSSR count). The van der Waals surface area contributed by atoms with E-state index in [1.54, 1.807) is 17.8 Å². The third-order valence-electron chi connectivity index (χ3n) is 4.70. The molecule has 0 fully saturated rings. The Morgan fingerprint density at radius 2 is 1.57 bits per heavy atom. The second kappa shape index (κ2) is 8.16. The monoisotopic (exact) mass is 400 g/mol. The van der Waals surface area contributed by atoms with Crippen LogP contribution >= 0.6 is 0 Å². The van der Waals surface area contributed by atoms with E-state index >= 15 is 0 Å². The highest BCUT2D eigenvalue weighted by Gasteiger charge is 2.27. The fourth-order valence-corrected chi connectivity index (χ4v) is 3.21. The van der Waals surface area contributed by atoms with Gasteiger partial charge in [-0.1, -0.05) is 36.4 Å². The number of benzene rings is 2. The Hall–Kier alpha value is -4.00. The summed E-state index contributed by atoms with van der Waals surface area (Å²) in [5.74, 6) is -0.969. The number of rotatable bonds is 6. The maximum atomic E-state index is 13.4. The summed E-state index contributed by atoms with van der Waals surface area (Å²) in [4.78, 5) is 25.9. The SMILES string of the molecule is CCOC(=O)c1nn(-c2ccccc2)cc1C(=O)c1cnn(-c2ccccc2)c1C. The van der Waals surface area contributed by atoms with E-state index in [0.717, 1.165) is 11.4 Å². The predicted molar refractivity (Wildman–Crippen MR) is 111 cm³/mol. The van der Waals surface area contributed by atoms with Crippen LogP contribution in [0.5, 0.6) is 0 Å². The Labute approximate surface area is 173 Å². The molecular weight excluding hydrogens is 380 g/mol. The van der Waals surface area contributed by atoms with Gasteiger partial charge in [0.1, 0.15) is 0 Å². The van der Waals surface area contributed by atoms with Crippen LogP contribution in [0.2, 0.25) is 0 Å². The van der Waals surface area contributed by atoms with Crippen LogP contribution in [0.25, 0.3) is 11.4 Å². The van der Waals surface area contributed by atoms with Crippen LogP contribution in [0.4, 0.5) is 0 Å². The van der Waals surface area contributed by atoms with Gasteiger partial charge in [0.05, 0.1) is 41.0 Å². The second-order valence-corrected chi connectivity index (χ2v) is 6.61. The van der Waals surface area contributed by atoms with Crippen LogP contribution in [0.1, 0.15) is 39.0 Å². The van der Waals surface area contributed by atoms with Gasteiger partial charge in [-0.25, -0.2) is 14.2 Å². The summed E-state index contributed by atoms with van der Waals surface area (Å²) >= 11 is 0. The largest absolute Gasteiger partial charge is 0.461 e. The molecule has 0 aliphatic rings. The van der Waals surface area contributed by atoms with Crippen molar-refractivity contribution in [3.8, 4) is 11.4 Å². The van der Waals surface area contributed by atoms with E-state index in [-0.39, 0.29) is 23.6 Å². The van der Waals surface area contributed by atoms with Crippen LogP contribution in [-0.2, 0) is 4.74 Å². The fraction of sp³-hybridized carbons (Fsp3) is 0.130. The van der Waals surface area contributed by atoms with E-state index < -0.39 is 5.97 Å². The van der Waals surface area contributed by atoms with Gasteiger partial charge in [0, 0.05) is 6.20 Å². The summed E-state index contributed by atoms with van der Waals surface area (Å²) in [7, 11) is 0. The van der Waals surface area contributed by atoms with Crippen LogP contribution in [0, 0.1) is 6.92 Å². The average Bonchev–Trinajstić information content (AvgIpc) is 3.39. The minimum atomic E-state index is -0.636. The zero-order valence-corrected chi connectivity index (χ0v) is 16.6. The van der Waals surface area contributed by atoms with Crippen molar-refractivity contribution in [3.05, 3.63) is 95.6 Å². The molecule has 7 heteroatoms. The molecule has 0 aliphatic carbocycles. The molecule has 0 radical (unpaired) electrons. The zero-order chi connectivity index (χ0) is 21.1. The van der Waals surface area contributed by atoms with Gasteiger partial charge in [-0.2, -0.15) is 10.2 Å². The summed E-state index contributed by atoms with van der Waals surface area (Å²) in [6, 6.07) is 18.8. The van der Waals surface area contributed by atoms with Gasteiger partial charge in [0.25, 0.3) is 0 Å². The van der Waals surface area contributed by atoms with Crippen molar-refractivity contribution in [2.75, 3.05) is 6.61 Å². The number of hydrogen-bond acceptors (Lipinski definition) is 5. The molecule has 0 saturated heterocycles. The summed E-state index contributed by atoms with van der Waals surface area (Å²) in [5, 5.41) is 8.70. The molecule has 0 spiro atoms. The molecule has 0 aliphatic heterocycles. The molecule has 0 bridgehead atoms. The van der Waals surface area contributed by atoms with Gasteiger partial charge >= 0.3 is 5.97 Å². The molecule has 4 aromatic rings. The van der Waals surface area contributed by atoms with E-state index in [0.29, 0.717) is 11.3 Å². The van der Waals surface area contributed by atoms with Crippen LogP contribution in [0.15, 0.2) is 73.1 Å². The number of ether oxygens (including phenoxy) is 1. The molecule has 2 heterocycles. The smallest absolute Gasteiger partial charge is 0.359 e. The molecule has 0 atom stereocenters. The van der Waals surface area contributed by atoms with Gasteiger partial charge in [0.2, 0.25) is 5.78 Å². The van der Waals surface area contributed by atoms with Gasteiger partial charge in [-0.05, 0) is 38.1 Å². The van der Waals surface area contributed by atoms with Gasteiger partial charge in [0.15, 0.2) is 5.69 Å². The number of ketones is 1. The molecular formula is C23H20N4O3. The van der Waals surface area contributed by atoms with Crippen LogP contribution in [0.3, 0.4) is 0 Å². The predicted octanol–water partition coefficient (Wildman–Crippen LogP) is 3.77. The quantitative estimate of drug-likeness (QED) is 0.364. The van der Waals surface area contributed by atoms with Crippen molar-refractivity contribution >= 4 is 11.8 Å². The van der Waals surface area contributed by atoms with Crippen molar-refractivity contribution in [1.82, 2.24) is 19.6 Å². The van der Waals surface area contributed by atoms with Crippen molar-refractivity contribution in [1.29, 1.82) is 0 Å². The lowest BCUT2D eigenvalue weighted by Gasteiger charge is -2.05. The lowest BCUT2D eigenvalue weighted by molar-refractivity contribution is 0.0516. The van der Waals surface area contributed by atoms with E-state index in [1.807, 2.05) is 67.6 Å². The van der Waals surface area contributed by atoms with E-state index in [9.17, 15) is 9.59 Å². The molecule has 7 nitrogen and oxygen atoms in total. The Morgan fingerprint density at radius 1 is 0.933 bits per heavy atom. The Balaban J connectivity index is 1.78. The minimum Gasteiger partial charge on any atom is -0.461 e. The summed E-state index contributed by atoms with van der Waals surface area (Å²) < 4.78 is 8.32. The summed E-state index contributed by atoms with van der Waals surface area (Å²) in [5.41, 5.74) is 2.81. The number of carbonyl (C=O) groups is 2. The molecule has 2 aromatic carbocycles. The van der Waals surface area contributed by atoms with Crippen molar-refractivity contribution in [2.24, 2.45) is 0 Å². The number of aromatic nitrogens is 4. The maximum Gasteiger partial charge on any atom is 0.359 e. The molecule has 0 amide bonds. The van der Waals surface area contributed by atoms with Crippen LogP contribution < -0.4 is 0 Å². The average molecular weight is 400 g/mol. The lowest BCUT2D eigenvalue weighted by atomic mass is 10.0. The number of hydrogen-bond donors (Lipinski definition) is 0. The topological polar surface area (TPSA) is 79.0 Å². The van der Waals surface area contributed by atoms with E-state index in [4.69, 9.17) is 4.74 Å². The normalized spacial score (nSPS) is 10.7. The molecule has 0 saturated carbocycles. The van der Waals surface area contributed by atoms with Crippen molar-refractivity contribution < 1.29 is 14.3 Å². The molecule has 150 valence electrons. The van der Waals surface area contributed by atoms with Gasteiger partial charge < -0.3 is 4.74 Å². The zero-order valence-electron chi connectivity index (χ0n) is 16.6. The third-order valence-corrected chi connectivity index (χ3v) is 4.70. The standard InChI is InChI=1S/C23H20N4O3/c1-3-30-23(29)21-20(15-26(25-21)17-10-6-4-7-11-17)22(28)19-14-24-27(16(19)2)18-12-8-5-9-13-18/h4-15H,3H2,1-2H3. The maximum absolute atomic E-state index is 13.4. The molecule has 0 unspecified atom stereocenters. The molecule has 0 N–H and O–H groups in total. The number of para-hydroxylation sites is 2. The number of esters is 1. The lowest BCUT2D eigenvalue weighted by Crippen LogP contribution is -2.12. The fourth-order valence-electron chi connectivity index (χ4n) is 3.21. The van der Waals surface area contributed by atoms with E-state index in [2.05, 4.69) is 10.2 Å². The first kappa shape index (κ1) is 19.3. The van der Waals surface area contributed by atoms with Gasteiger partial charge in [-0.3, -0.25) is 4.79 Å². The highest BCUT2D eigenvalue weighted by atomic mass is 16.5. The van der Waals surface area contributed by atoms with Gasteiger partial charge in [-0.15, -0.1) is 0 Å². The first-order valence-corrected chi connectivity index (χ1v) is 9.57. The minimum absolute atomic E-state index is 0.0161. The first-order chi connectivity index (χ1) is 14.6. The molecule has 2 aromatic heterocycles. The third kappa shape index (κ3) is 3.53. The first-order valence-electron chi connectivity index (χ1n) is 9.57. The Kier molecular flexibility index (Phi) is 5.26. The summed E-state index contributed by atoms with van der Waals surface area (Å²) in [6.07, 6.45) is 3.07. The summed E-state index contributed by atoms with van der Waals surface area (Å²) in [6.45, 7) is 3.72. The Bertz CT molecular complexity index is 1190. The highest BCUT2D eigenvalue weighted by molar-refractivity contribution is 6.14. The second-order valence-electron chi connectivity index (χ2n) is 6.61.